The van der Waals surface area contributed by atoms with E-state index in [4.69, 9.17) is 4.74 Å². The van der Waals surface area contributed by atoms with Crippen LogP contribution in [0.15, 0.2) is 53.4 Å². The Bertz CT molecular complexity index is 824. The molecule has 1 saturated heterocycles. The van der Waals surface area contributed by atoms with E-state index in [1.807, 2.05) is 30.3 Å². The van der Waals surface area contributed by atoms with Crippen LogP contribution in [0.5, 0.6) is 5.75 Å². The number of benzene rings is 2. The van der Waals surface area contributed by atoms with Gasteiger partial charge in [-0.3, -0.25) is 0 Å². The summed E-state index contributed by atoms with van der Waals surface area (Å²) in [6.07, 6.45) is 1.73. The highest BCUT2D eigenvalue weighted by Crippen LogP contribution is 2.25. The topological polar surface area (TPSA) is 46.6 Å². The summed E-state index contributed by atoms with van der Waals surface area (Å²) in [5.74, 6) is 0.536. The number of aryl methyl sites for hydroxylation is 1. The van der Waals surface area contributed by atoms with Crippen molar-refractivity contribution in [1.82, 2.24) is 4.31 Å². The number of sulfonamides is 1. The van der Waals surface area contributed by atoms with Crippen molar-refractivity contribution >= 4 is 10.0 Å². The first-order valence-electron chi connectivity index (χ1n) is 8.41. The minimum absolute atomic E-state index is 0.144. The fourth-order valence-electron chi connectivity index (χ4n) is 3.04. The maximum atomic E-state index is 13.4. The molecule has 1 aliphatic heterocycles. The maximum absolute atomic E-state index is 13.4. The molecular formula is C19H22FNO3S. The zero-order chi connectivity index (χ0) is 17.9. The third kappa shape index (κ3) is 4.19. The molecular weight excluding hydrogens is 341 g/mol. The molecule has 2 aromatic rings. The van der Waals surface area contributed by atoms with Crippen molar-refractivity contribution in [3.05, 3.63) is 59.9 Å². The summed E-state index contributed by atoms with van der Waals surface area (Å²) in [7, 11) is -3.61. The Labute approximate surface area is 148 Å². The molecule has 2 aromatic carbocycles. The summed E-state index contributed by atoms with van der Waals surface area (Å²) in [6, 6.07) is 13.5. The van der Waals surface area contributed by atoms with Crippen LogP contribution < -0.4 is 4.74 Å². The van der Waals surface area contributed by atoms with Gasteiger partial charge in [-0.25, -0.2) is 12.8 Å². The van der Waals surface area contributed by atoms with Crippen LogP contribution in [-0.4, -0.2) is 32.4 Å². The normalized spacial score (nSPS) is 18.9. The highest BCUT2D eigenvalue weighted by molar-refractivity contribution is 7.89. The summed E-state index contributed by atoms with van der Waals surface area (Å²) in [4.78, 5) is 0.149. The molecule has 0 N–H and O–H groups in total. The Morgan fingerprint density at radius 1 is 1.20 bits per heavy atom. The van der Waals surface area contributed by atoms with Gasteiger partial charge in [0.05, 0.1) is 11.5 Å². The second kappa shape index (κ2) is 7.54. The maximum Gasteiger partial charge on any atom is 0.243 e. The van der Waals surface area contributed by atoms with Crippen molar-refractivity contribution in [3.8, 4) is 5.75 Å². The fraction of sp³-hybridized carbons (Fsp3) is 0.368. The second-order valence-corrected chi connectivity index (χ2v) is 8.34. The highest BCUT2D eigenvalue weighted by atomic mass is 32.2. The smallest absolute Gasteiger partial charge is 0.243 e. The lowest BCUT2D eigenvalue weighted by molar-refractivity contribution is 0.180. The molecule has 1 atom stereocenters. The number of piperidine rings is 1. The number of halogens is 1. The molecule has 0 spiro atoms. The number of hydrogen-bond acceptors (Lipinski definition) is 3. The SMILES string of the molecule is Cc1cc(S(=O)(=O)N2CCCC(COc3ccccc3)C2)ccc1F. The molecule has 0 aromatic heterocycles. The Hall–Kier alpha value is -1.92. The predicted octanol–water partition coefficient (Wildman–Crippen LogP) is 3.61. The van der Waals surface area contributed by atoms with Crippen LogP contribution in [0.3, 0.4) is 0 Å². The highest BCUT2D eigenvalue weighted by Gasteiger charge is 2.30. The van der Waals surface area contributed by atoms with Crippen LogP contribution in [0, 0.1) is 18.7 Å². The summed E-state index contributed by atoms with van der Waals surface area (Å²) in [5.41, 5.74) is 0.335. The molecule has 0 amide bonds. The lowest BCUT2D eigenvalue weighted by Gasteiger charge is -2.31. The van der Waals surface area contributed by atoms with Gasteiger partial charge in [-0.2, -0.15) is 4.31 Å². The van der Waals surface area contributed by atoms with E-state index in [0.717, 1.165) is 18.6 Å². The fourth-order valence-corrected chi connectivity index (χ4v) is 4.68. The third-order valence-corrected chi connectivity index (χ3v) is 6.34. The van der Waals surface area contributed by atoms with Gasteiger partial charge in [-0.05, 0) is 55.7 Å². The van der Waals surface area contributed by atoms with E-state index in [2.05, 4.69) is 0 Å². The standard InChI is InChI=1S/C19H22FNO3S/c1-15-12-18(9-10-19(15)20)25(22,23)21-11-5-6-16(13-21)14-24-17-7-3-2-4-8-17/h2-4,7-10,12,16H,5-6,11,13-14H2,1H3. The largest absolute Gasteiger partial charge is 0.493 e. The number of para-hydroxylation sites is 1. The van der Waals surface area contributed by atoms with Crippen LogP contribution in [0.25, 0.3) is 0 Å². The first kappa shape index (κ1) is 17.9. The average Bonchev–Trinajstić information content (AvgIpc) is 2.63. The van der Waals surface area contributed by atoms with Crippen LogP contribution in [0.4, 0.5) is 4.39 Å². The molecule has 25 heavy (non-hydrogen) atoms. The number of ether oxygens (including phenoxy) is 1. The van der Waals surface area contributed by atoms with Gasteiger partial charge in [0.15, 0.2) is 0 Å². The van der Waals surface area contributed by atoms with Gasteiger partial charge < -0.3 is 4.74 Å². The van der Waals surface area contributed by atoms with E-state index >= 15 is 0 Å². The van der Waals surface area contributed by atoms with E-state index in [1.165, 1.54) is 22.5 Å². The molecule has 0 aliphatic carbocycles. The molecule has 134 valence electrons. The third-order valence-electron chi connectivity index (χ3n) is 4.48. The minimum Gasteiger partial charge on any atom is -0.493 e. The predicted molar refractivity (Wildman–Crippen MR) is 94.6 cm³/mol. The van der Waals surface area contributed by atoms with E-state index in [1.54, 1.807) is 6.92 Å². The minimum atomic E-state index is -3.61. The van der Waals surface area contributed by atoms with Gasteiger partial charge in [0.1, 0.15) is 11.6 Å². The van der Waals surface area contributed by atoms with Crippen LogP contribution >= 0.6 is 0 Å². The van der Waals surface area contributed by atoms with Crippen LogP contribution in [-0.2, 0) is 10.0 Å². The Kier molecular flexibility index (Phi) is 5.39. The van der Waals surface area contributed by atoms with Crippen molar-refractivity contribution in [1.29, 1.82) is 0 Å². The Morgan fingerprint density at radius 3 is 2.68 bits per heavy atom. The Morgan fingerprint density at radius 2 is 1.96 bits per heavy atom. The van der Waals surface area contributed by atoms with Gasteiger partial charge in [-0.1, -0.05) is 18.2 Å². The van der Waals surface area contributed by atoms with Crippen molar-refractivity contribution in [2.75, 3.05) is 19.7 Å². The lowest BCUT2D eigenvalue weighted by Crippen LogP contribution is -2.41. The molecule has 6 heteroatoms. The molecule has 3 rings (SSSR count). The van der Waals surface area contributed by atoms with Gasteiger partial charge >= 0.3 is 0 Å². The molecule has 1 heterocycles. The van der Waals surface area contributed by atoms with Gasteiger partial charge in [0.2, 0.25) is 10.0 Å². The van der Waals surface area contributed by atoms with Crippen molar-refractivity contribution in [2.24, 2.45) is 5.92 Å². The van der Waals surface area contributed by atoms with E-state index < -0.39 is 15.8 Å². The van der Waals surface area contributed by atoms with Gasteiger partial charge in [0.25, 0.3) is 0 Å². The molecule has 4 nitrogen and oxygen atoms in total. The zero-order valence-corrected chi connectivity index (χ0v) is 15.0. The van der Waals surface area contributed by atoms with Crippen LogP contribution in [0.1, 0.15) is 18.4 Å². The van der Waals surface area contributed by atoms with E-state index in [0.29, 0.717) is 25.3 Å². The number of hydrogen-bond donors (Lipinski definition) is 0. The quantitative estimate of drug-likeness (QED) is 0.815. The summed E-state index contributed by atoms with van der Waals surface area (Å²) < 4.78 is 46.4. The van der Waals surface area contributed by atoms with E-state index in [-0.39, 0.29) is 10.8 Å². The number of rotatable bonds is 5. The molecule has 1 unspecified atom stereocenters. The van der Waals surface area contributed by atoms with Gasteiger partial charge in [0, 0.05) is 19.0 Å². The second-order valence-electron chi connectivity index (χ2n) is 6.41. The molecule has 1 aliphatic rings. The first-order valence-corrected chi connectivity index (χ1v) is 9.85. The summed E-state index contributed by atoms with van der Waals surface area (Å²) >= 11 is 0. The molecule has 0 saturated carbocycles. The number of nitrogens with zero attached hydrogens (tertiary/aromatic N) is 1. The molecule has 1 fully saturated rings. The average molecular weight is 363 g/mol. The van der Waals surface area contributed by atoms with Crippen molar-refractivity contribution < 1.29 is 17.5 Å². The van der Waals surface area contributed by atoms with Crippen LogP contribution in [0.2, 0.25) is 0 Å². The van der Waals surface area contributed by atoms with Gasteiger partial charge in [-0.15, -0.1) is 0 Å². The van der Waals surface area contributed by atoms with E-state index in [9.17, 15) is 12.8 Å². The van der Waals surface area contributed by atoms with Crippen molar-refractivity contribution in [3.63, 3.8) is 0 Å². The first-order chi connectivity index (χ1) is 12.0. The molecule has 0 radical (unpaired) electrons. The van der Waals surface area contributed by atoms with Crippen molar-refractivity contribution in [2.45, 2.75) is 24.7 Å². The Balaban J connectivity index is 1.68. The summed E-state index contributed by atoms with van der Waals surface area (Å²) in [5, 5.41) is 0. The zero-order valence-electron chi connectivity index (χ0n) is 14.2. The molecule has 0 bridgehead atoms. The summed E-state index contributed by atoms with van der Waals surface area (Å²) in [6.45, 7) is 2.96. The monoisotopic (exact) mass is 363 g/mol. The lowest BCUT2D eigenvalue weighted by atomic mass is 10.0.